The number of hydrogen-bond donors (Lipinski definition) is 1. The number of aryl methyl sites for hydroxylation is 1. The van der Waals surface area contributed by atoms with Gasteiger partial charge in [0.1, 0.15) is 0 Å². The van der Waals surface area contributed by atoms with Crippen LogP contribution in [-0.4, -0.2) is 11.2 Å². The Labute approximate surface area is 104 Å². The van der Waals surface area contributed by atoms with E-state index in [-0.39, 0.29) is 5.56 Å². The number of benzene rings is 1. The van der Waals surface area contributed by atoms with Crippen molar-refractivity contribution in [1.82, 2.24) is 0 Å². The Morgan fingerprint density at radius 3 is 2.56 bits per heavy atom. The molecule has 0 spiro atoms. The molecule has 0 saturated heterocycles. The van der Waals surface area contributed by atoms with Crippen molar-refractivity contribution in [1.29, 1.82) is 5.26 Å². The van der Waals surface area contributed by atoms with Crippen LogP contribution in [0.15, 0.2) is 18.2 Å². The highest BCUT2D eigenvalue weighted by Crippen LogP contribution is 2.32. The van der Waals surface area contributed by atoms with Crippen LogP contribution in [0.5, 0.6) is 0 Å². The molecule has 1 N–H and O–H groups in total. The SMILES string of the molecule is CCC(O)CCc1ccc(C#N)c(C(F)(F)F)c1. The van der Waals surface area contributed by atoms with Crippen LogP contribution >= 0.6 is 0 Å². The average Bonchev–Trinajstić information content (AvgIpc) is 2.34. The van der Waals surface area contributed by atoms with Gasteiger partial charge in [-0.3, -0.25) is 0 Å². The molecule has 0 aliphatic rings. The summed E-state index contributed by atoms with van der Waals surface area (Å²) in [6.07, 6.45) is -3.67. The molecule has 5 heteroatoms. The number of hydrogen-bond acceptors (Lipinski definition) is 2. The van der Waals surface area contributed by atoms with Gasteiger partial charge in [-0.2, -0.15) is 18.4 Å². The topological polar surface area (TPSA) is 44.0 Å². The van der Waals surface area contributed by atoms with Gasteiger partial charge >= 0.3 is 6.18 Å². The summed E-state index contributed by atoms with van der Waals surface area (Å²) in [4.78, 5) is 0. The summed E-state index contributed by atoms with van der Waals surface area (Å²) in [5, 5.41) is 18.0. The average molecular weight is 257 g/mol. The van der Waals surface area contributed by atoms with Gasteiger partial charge in [0.15, 0.2) is 0 Å². The van der Waals surface area contributed by atoms with Crippen molar-refractivity contribution in [2.24, 2.45) is 0 Å². The van der Waals surface area contributed by atoms with E-state index in [4.69, 9.17) is 5.26 Å². The second-order valence-electron chi connectivity index (χ2n) is 4.09. The van der Waals surface area contributed by atoms with Crippen molar-refractivity contribution in [3.8, 4) is 6.07 Å². The van der Waals surface area contributed by atoms with Crippen LogP contribution in [0.25, 0.3) is 0 Å². The third-order valence-corrected chi connectivity index (χ3v) is 2.75. The Kier molecular flexibility index (Phi) is 4.74. The Hall–Kier alpha value is -1.54. The van der Waals surface area contributed by atoms with E-state index in [1.165, 1.54) is 18.2 Å². The molecular formula is C13H14F3NO. The zero-order chi connectivity index (χ0) is 13.8. The standard InChI is InChI=1S/C13H14F3NO/c1-2-11(18)6-4-9-3-5-10(8-17)12(7-9)13(14,15)16/h3,5,7,11,18H,2,4,6H2,1H3. The molecule has 98 valence electrons. The lowest BCUT2D eigenvalue weighted by Crippen LogP contribution is -2.10. The van der Waals surface area contributed by atoms with E-state index < -0.39 is 17.8 Å². The molecule has 0 aromatic heterocycles. The van der Waals surface area contributed by atoms with Gasteiger partial charge in [0.25, 0.3) is 0 Å². The summed E-state index contributed by atoms with van der Waals surface area (Å²) in [6, 6.07) is 5.20. The van der Waals surface area contributed by atoms with E-state index in [0.29, 0.717) is 24.8 Å². The van der Waals surface area contributed by atoms with Crippen molar-refractivity contribution in [3.63, 3.8) is 0 Å². The van der Waals surface area contributed by atoms with Gasteiger partial charge in [-0.15, -0.1) is 0 Å². The largest absolute Gasteiger partial charge is 0.417 e. The first-order chi connectivity index (χ1) is 8.38. The molecule has 1 aromatic carbocycles. The maximum absolute atomic E-state index is 12.7. The van der Waals surface area contributed by atoms with Crippen LogP contribution in [0.1, 0.15) is 36.5 Å². The Morgan fingerprint density at radius 1 is 1.39 bits per heavy atom. The Morgan fingerprint density at radius 2 is 2.06 bits per heavy atom. The van der Waals surface area contributed by atoms with E-state index >= 15 is 0 Å². The molecule has 0 fully saturated rings. The van der Waals surface area contributed by atoms with E-state index in [0.717, 1.165) is 6.07 Å². The molecule has 0 radical (unpaired) electrons. The molecule has 1 unspecified atom stereocenters. The first-order valence-electron chi connectivity index (χ1n) is 5.66. The minimum absolute atomic E-state index is 0.365. The van der Waals surface area contributed by atoms with Gasteiger partial charge in [-0.1, -0.05) is 13.0 Å². The smallest absolute Gasteiger partial charge is 0.393 e. The second kappa shape index (κ2) is 5.87. The highest BCUT2D eigenvalue weighted by Gasteiger charge is 2.33. The molecule has 1 aromatic rings. The lowest BCUT2D eigenvalue weighted by molar-refractivity contribution is -0.137. The number of aliphatic hydroxyl groups excluding tert-OH is 1. The maximum atomic E-state index is 12.7. The lowest BCUT2D eigenvalue weighted by Gasteiger charge is -2.12. The van der Waals surface area contributed by atoms with E-state index in [1.807, 2.05) is 6.92 Å². The molecular weight excluding hydrogens is 243 g/mol. The molecule has 0 heterocycles. The van der Waals surface area contributed by atoms with Gasteiger partial charge in [-0.05, 0) is 37.0 Å². The predicted octanol–water partition coefficient (Wildman–Crippen LogP) is 3.28. The maximum Gasteiger partial charge on any atom is 0.417 e. The summed E-state index contributed by atoms with van der Waals surface area (Å²) in [5.41, 5.74) is -0.801. The van der Waals surface area contributed by atoms with Crippen LogP contribution in [0.4, 0.5) is 13.2 Å². The lowest BCUT2D eigenvalue weighted by atomic mass is 10.00. The summed E-state index contributed by atoms with van der Waals surface area (Å²) in [6.45, 7) is 1.81. The van der Waals surface area contributed by atoms with Gasteiger partial charge in [0.2, 0.25) is 0 Å². The van der Waals surface area contributed by atoms with Crippen LogP contribution in [0.2, 0.25) is 0 Å². The Bertz CT molecular complexity index is 449. The molecule has 2 nitrogen and oxygen atoms in total. The van der Waals surface area contributed by atoms with Crippen LogP contribution in [0.3, 0.4) is 0 Å². The fraction of sp³-hybridized carbons (Fsp3) is 0.462. The molecule has 0 bridgehead atoms. The highest BCUT2D eigenvalue weighted by atomic mass is 19.4. The summed E-state index contributed by atoms with van der Waals surface area (Å²) in [7, 11) is 0. The minimum atomic E-state index is -4.52. The van der Waals surface area contributed by atoms with Crippen molar-refractivity contribution in [2.45, 2.75) is 38.5 Å². The fourth-order valence-corrected chi connectivity index (χ4v) is 1.62. The van der Waals surface area contributed by atoms with Crippen LogP contribution < -0.4 is 0 Å². The number of rotatable bonds is 4. The van der Waals surface area contributed by atoms with Crippen molar-refractivity contribution >= 4 is 0 Å². The van der Waals surface area contributed by atoms with Gasteiger partial charge < -0.3 is 5.11 Å². The first kappa shape index (κ1) is 14.5. The normalized spacial score (nSPS) is 13.1. The first-order valence-corrected chi connectivity index (χ1v) is 5.66. The Balaban J connectivity index is 2.94. The number of aliphatic hydroxyl groups is 1. The number of alkyl halides is 3. The summed E-state index contributed by atoms with van der Waals surface area (Å²) < 4.78 is 38.0. The minimum Gasteiger partial charge on any atom is -0.393 e. The predicted molar refractivity (Wildman–Crippen MR) is 60.8 cm³/mol. The van der Waals surface area contributed by atoms with Crippen LogP contribution in [0, 0.1) is 11.3 Å². The zero-order valence-corrected chi connectivity index (χ0v) is 9.96. The number of nitriles is 1. The van der Waals surface area contributed by atoms with Crippen molar-refractivity contribution < 1.29 is 18.3 Å². The van der Waals surface area contributed by atoms with Gasteiger partial charge in [0, 0.05) is 0 Å². The number of nitrogens with zero attached hydrogens (tertiary/aromatic N) is 1. The van der Waals surface area contributed by atoms with Crippen LogP contribution in [-0.2, 0) is 12.6 Å². The fourth-order valence-electron chi connectivity index (χ4n) is 1.62. The van der Waals surface area contributed by atoms with Crippen molar-refractivity contribution in [3.05, 3.63) is 34.9 Å². The molecule has 0 aliphatic carbocycles. The molecule has 18 heavy (non-hydrogen) atoms. The molecule has 0 saturated carbocycles. The van der Waals surface area contributed by atoms with Gasteiger partial charge in [0.05, 0.1) is 23.3 Å². The molecule has 0 amide bonds. The number of halogens is 3. The zero-order valence-electron chi connectivity index (χ0n) is 9.96. The summed E-state index contributed by atoms with van der Waals surface area (Å²) in [5.74, 6) is 0. The van der Waals surface area contributed by atoms with Crippen molar-refractivity contribution in [2.75, 3.05) is 0 Å². The van der Waals surface area contributed by atoms with E-state index in [9.17, 15) is 18.3 Å². The second-order valence-corrected chi connectivity index (χ2v) is 4.09. The van der Waals surface area contributed by atoms with Gasteiger partial charge in [-0.25, -0.2) is 0 Å². The molecule has 0 aliphatic heterocycles. The van der Waals surface area contributed by atoms with E-state index in [1.54, 1.807) is 0 Å². The van der Waals surface area contributed by atoms with E-state index in [2.05, 4.69) is 0 Å². The molecule has 1 atom stereocenters. The third-order valence-electron chi connectivity index (χ3n) is 2.75. The quantitative estimate of drug-likeness (QED) is 0.899. The molecule has 1 rings (SSSR count). The highest BCUT2D eigenvalue weighted by molar-refractivity contribution is 5.42. The third kappa shape index (κ3) is 3.74. The summed E-state index contributed by atoms with van der Waals surface area (Å²) >= 11 is 0. The monoisotopic (exact) mass is 257 g/mol.